The Labute approximate surface area is 116 Å². The Morgan fingerprint density at radius 2 is 2.11 bits per heavy atom. The van der Waals surface area contributed by atoms with Crippen molar-refractivity contribution in [1.29, 1.82) is 0 Å². The van der Waals surface area contributed by atoms with Crippen LogP contribution in [0.5, 0.6) is 0 Å². The second-order valence-corrected chi connectivity index (χ2v) is 4.82. The third-order valence-corrected chi connectivity index (χ3v) is 2.88. The maximum Gasteiger partial charge on any atom is 0.147 e. The summed E-state index contributed by atoms with van der Waals surface area (Å²) in [6.07, 6.45) is 4.82. The first kappa shape index (κ1) is 15.9. The van der Waals surface area contributed by atoms with Crippen LogP contribution in [-0.4, -0.2) is 42.8 Å². The van der Waals surface area contributed by atoms with Gasteiger partial charge in [-0.2, -0.15) is 0 Å². The van der Waals surface area contributed by atoms with Gasteiger partial charge in [0.1, 0.15) is 5.82 Å². The van der Waals surface area contributed by atoms with E-state index in [-0.39, 0.29) is 0 Å². The van der Waals surface area contributed by atoms with Crippen LogP contribution in [0.25, 0.3) is 0 Å². The van der Waals surface area contributed by atoms with E-state index >= 15 is 0 Å². The van der Waals surface area contributed by atoms with Crippen LogP contribution in [0.4, 0.5) is 5.82 Å². The number of ether oxygens (including phenoxy) is 1. The number of nitrogens with one attached hydrogen (secondary N) is 1. The molecule has 0 atom stereocenters. The average molecular weight is 266 g/mol. The lowest BCUT2D eigenvalue weighted by Crippen LogP contribution is -2.34. The number of anilines is 1. The quantitative estimate of drug-likeness (QED) is 0.691. The van der Waals surface area contributed by atoms with Gasteiger partial charge in [0.05, 0.1) is 24.7 Å². The molecule has 1 aromatic heterocycles. The monoisotopic (exact) mass is 266 g/mol. The van der Waals surface area contributed by atoms with Gasteiger partial charge in [-0.3, -0.25) is 4.98 Å². The van der Waals surface area contributed by atoms with Crippen LogP contribution in [0.1, 0.15) is 32.9 Å². The zero-order valence-electron chi connectivity index (χ0n) is 12.5. The molecule has 0 unspecified atom stereocenters. The molecule has 5 heteroatoms. The van der Waals surface area contributed by atoms with E-state index in [9.17, 15) is 0 Å². The van der Waals surface area contributed by atoms with Crippen molar-refractivity contribution in [3.8, 4) is 0 Å². The summed E-state index contributed by atoms with van der Waals surface area (Å²) in [6.45, 7) is 9.76. The van der Waals surface area contributed by atoms with Crippen LogP contribution in [0.2, 0.25) is 0 Å². The predicted octanol–water partition coefficient (Wildman–Crippen LogP) is 1.84. The topological polar surface area (TPSA) is 50.3 Å². The van der Waals surface area contributed by atoms with E-state index in [0.29, 0.717) is 12.6 Å². The molecule has 0 radical (unpaired) electrons. The van der Waals surface area contributed by atoms with Gasteiger partial charge in [0.2, 0.25) is 0 Å². The SMILES string of the molecule is CCCNCc1cnc(N(CCOC)C(C)C)cn1. The third-order valence-electron chi connectivity index (χ3n) is 2.88. The van der Waals surface area contributed by atoms with Crippen molar-refractivity contribution < 1.29 is 4.74 Å². The summed E-state index contributed by atoms with van der Waals surface area (Å²) in [5.41, 5.74) is 0.979. The van der Waals surface area contributed by atoms with Gasteiger partial charge in [0, 0.05) is 26.2 Å². The molecular weight excluding hydrogens is 240 g/mol. The fraction of sp³-hybridized carbons (Fsp3) is 0.714. The van der Waals surface area contributed by atoms with Gasteiger partial charge in [0.25, 0.3) is 0 Å². The summed E-state index contributed by atoms with van der Waals surface area (Å²) >= 11 is 0. The Morgan fingerprint density at radius 1 is 1.32 bits per heavy atom. The van der Waals surface area contributed by atoms with Gasteiger partial charge >= 0.3 is 0 Å². The van der Waals surface area contributed by atoms with Gasteiger partial charge in [-0.1, -0.05) is 6.92 Å². The molecule has 5 nitrogen and oxygen atoms in total. The minimum absolute atomic E-state index is 0.383. The zero-order valence-corrected chi connectivity index (χ0v) is 12.5. The molecule has 0 amide bonds. The minimum Gasteiger partial charge on any atom is -0.383 e. The molecule has 1 aromatic rings. The van der Waals surface area contributed by atoms with Gasteiger partial charge in [-0.15, -0.1) is 0 Å². The van der Waals surface area contributed by atoms with Gasteiger partial charge in [-0.05, 0) is 26.8 Å². The molecule has 0 bridgehead atoms. The van der Waals surface area contributed by atoms with Crippen molar-refractivity contribution in [3.05, 3.63) is 18.1 Å². The minimum atomic E-state index is 0.383. The average Bonchev–Trinajstić information content (AvgIpc) is 2.41. The molecule has 0 spiro atoms. The van der Waals surface area contributed by atoms with Crippen molar-refractivity contribution in [1.82, 2.24) is 15.3 Å². The zero-order chi connectivity index (χ0) is 14.1. The first-order chi connectivity index (χ1) is 9.19. The highest BCUT2D eigenvalue weighted by atomic mass is 16.5. The predicted molar refractivity (Wildman–Crippen MR) is 78.4 cm³/mol. The van der Waals surface area contributed by atoms with Crippen molar-refractivity contribution in [2.24, 2.45) is 0 Å². The third kappa shape index (κ3) is 5.53. The Kier molecular flexibility index (Phi) is 7.36. The Morgan fingerprint density at radius 3 is 2.63 bits per heavy atom. The summed E-state index contributed by atoms with van der Waals surface area (Å²) in [5, 5.41) is 3.32. The molecule has 108 valence electrons. The molecule has 19 heavy (non-hydrogen) atoms. The number of nitrogens with zero attached hydrogens (tertiary/aromatic N) is 3. The molecule has 1 N–H and O–H groups in total. The van der Waals surface area contributed by atoms with E-state index in [4.69, 9.17) is 4.74 Å². The highest BCUT2D eigenvalue weighted by Gasteiger charge is 2.11. The Hall–Kier alpha value is -1.20. The highest BCUT2D eigenvalue weighted by molar-refractivity contribution is 5.36. The smallest absolute Gasteiger partial charge is 0.147 e. The fourth-order valence-electron chi connectivity index (χ4n) is 1.81. The van der Waals surface area contributed by atoms with Gasteiger partial charge in [0.15, 0.2) is 0 Å². The first-order valence-electron chi connectivity index (χ1n) is 6.96. The summed E-state index contributed by atoms with van der Waals surface area (Å²) in [7, 11) is 1.71. The lowest BCUT2D eigenvalue weighted by Gasteiger charge is -2.27. The molecule has 0 aromatic carbocycles. The van der Waals surface area contributed by atoms with Gasteiger partial charge < -0.3 is 15.0 Å². The first-order valence-corrected chi connectivity index (χ1v) is 6.96. The molecule has 0 saturated carbocycles. The van der Waals surface area contributed by atoms with Crippen molar-refractivity contribution in [2.45, 2.75) is 39.8 Å². The van der Waals surface area contributed by atoms with E-state index in [0.717, 1.165) is 37.6 Å². The van der Waals surface area contributed by atoms with Crippen LogP contribution in [-0.2, 0) is 11.3 Å². The second kappa shape index (κ2) is 8.82. The molecule has 0 aliphatic rings. The molecule has 1 heterocycles. The van der Waals surface area contributed by atoms with Crippen LogP contribution < -0.4 is 10.2 Å². The van der Waals surface area contributed by atoms with Crippen molar-refractivity contribution in [3.63, 3.8) is 0 Å². The van der Waals surface area contributed by atoms with Crippen LogP contribution in [0, 0.1) is 0 Å². The van der Waals surface area contributed by atoms with E-state index in [1.807, 2.05) is 12.4 Å². The largest absolute Gasteiger partial charge is 0.383 e. The summed E-state index contributed by atoms with van der Waals surface area (Å²) in [6, 6.07) is 0.383. The number of methoxy groups -OCH3 is 1. The van der Waals surface area contributed by atoms with Crippen molar-refractivity contribution in [2.75, 3.05) is 31.7 Å². The van der Waals surface area contributed by atoms with E-state index in [2.05, 4.69) is 41.0 Å². The maximum atomic E-state index is 5.13. The fourth-order valence-corrected chi connectivity index (χ4v) is 1.81. The second-order valence-electron chi connectivity index (χ2n) is 4.82. The highest BCUT2D eigenvalue weighted by Crippen LogP contribution is 2.12. The van der Waals surface area contributed by atoms with Gasteiger partial charge in [-0.25, -0.2) is 4.98 Å². The molecule has 0 aliphatic heterocycles. The summed E-state index contributed by atoms with van der Waals surface area (Å²) in [4.78, 5) is 11.1. The summed E-state index contributed by atoms with van der Waals surface area (Å²) < 4.78 is 5.13. The molecule has 0 saturated heterocycles. The Balaban J connectivity index is 2.61. The molecular formula is C14H26N4O. The standard InChI is InChI=1S/C14H26N4O/c1-5-6-15-9-13-10-17-14(11-16-13)18(12(2)3)7-8-19-4/h10-12,15H,5-9H2,1-4H3. The molecule has 0 fully saturated rings. The normalized spacial score (nSPS) is 11.0. The number of aromatic nitrogens is 2. The van der Waals surface area contributed by atoms with Crippen LogP contribution in [0.15, 0.2) is 12.4 Å². The molecule has 0 aliphatic carbocycles. The number of hydrogen-bond acceptors (Lipinski definition) is 5. The lowest BCUT2D eigenvalue weighted by atomic mass is 10.3. The Bertz CT molecular complexity index is 340. The van der Waals surface area contributed by atoms with Crippen LogP contribution >= 0.6 is 0 Å². The van der Waals surface area contributed by atoms with E-state index < -0.39 is 0 Å². The lowest BCUT2D eigenvalue weighted by molar-refractivity contribution is 0.203. The number of hydrogen-bond donors (Lipinski definition) is 1. The van der Waals surface area contributed by atoms with Crippen molar-refractivity contribution >= 4 is 5.82 Å². The summed E-state index contributed by atoms with van der Waals surface area (Å²) in [5.74, 6) is 0.909. The van der Waals surface area contributed by atoms with E-state index in [1.165, 1.54) is 0 Å². The maximum absolute atomic E-state index is 5.13. The van der Waals surface area contributed by atoms with E-state index in [1.54, 1.807) is 7.11 Å². The molecule has 1 rings (SSSR count). The van der Waals surface area contributed by atoms with Crippen LogP contribution in [0.3, 0.4) is 0 Å². The number of rotatable bonds is 9.